The number of nitrogens with one attached hydrogen (secondary N) is 3. The lowest BCUT2D eigenvalue weighted by molar-refractivity contribution is -0.126. The van der Waals surface area contributed by atoms with Gasteiger partial charge in [0.25, 0.3) is 5.91 Å². The molecule has 0 bridgehead atoms. The number of para-hydroxylation sites is 1. The lowest BCUT2D eigenvalue weighted by atomic mass is 9.94. The van der Waals surface area contributed by atoms with Crippen molar-refractivity contribution in [2.24, 2.45) is 5.92 Å². The molecule has 7 heteroatoms. The summed E-state index contributed by atoms with van der Waals surface area (Å²) in [6.07, 6.45) is 0.987. The second kappa shape index (κ2) is 8.41. The van der Waals surface area contributed by atoms with Crippen LogP contribution in [0.25, 0.3) is 0 Å². The number of nitrogens with zero attached hydrogens (tertiary/aromatic N) is 1. The summed E-state index contributed by atoms with van der Waals surface area (Å²) in [5.41, 5.74) is 3.71. The zero-order chi connectivity index (χ0) is 22.1. The van der Waals surface area contributed by atoms with Crippen molar-refractivity contribution in [1.82, 2.24) is 15.5 Å². The monoisotopic (exact) mass is 420 g/mol. The number of hydrogen-bond acceptors (Lipinski definition) is 4. The van der Waals surface area contributed by atoms with Gasteiger partial charge in [-0.3, -0.25) is 14.5 Å². The van der Waals surface area contributed by atoms with Crippen LogP contribution in [0.3, 0.4) is 0 Å². The van der Waals surface area contributed by atoms with Crippen molar-refractivity contribution in [1.29, 1.82) is 0 Å². The highest BCUT2D eigenvalue weighted by Gasteiger charge is 2.36. The molecular weight excluding hydrogens is 392 g/mol. The van der Waals surface area contributed by atoms with E-state index in [1.807, 2.05) is 36.4 Å². The topological polar surface area (TPSA) is 90.5 Å². The zero-order valence-corrected chi connectivity index (χ0v) is 18.0. The van der Waals surface area contributed by atoms with E-state index in [0.29, 0.717) is 11.6 Å². The summed E-state index contributed by atoms with van der Waals surface area (Å²) in [6, 6.07) is 15.0. The Morgan fingerprint density at radius 2 is 1.68 bits per heavy atom. The van der Waals surface area contributed by atoms with Gasteiger partial charge in [0.2, 0.25) is 5.91 Å². The summed E-state index contributed by atoms with van der Waals surface area (Å²) in [6.45, 7) is 4.29. The maximum Gasteiger partial charge on any atom is 0.325 e. The van der Waals surface area contributed by atoms with E-state index in [0.717, 1.165) is 28.9 Å². The first-order valence-corrected chi connectivity index (χ1v) is 10.7. The Morgan fingerprint density at radius 1 is 1.03 bits per heavy atom. The number of hydrogen-bond donors (Lipinski definition) is 3. The van der Waals surface area contributed by atoms with Gasteiger partial charge in [0.15, 0.2) is 6.17 Å². The number of anilines is 1. The summed E-state index contributed by atoms with van der Waals surface area (Å²) in [5.74, 6) is 0.177. The third-order valence-corrected chi connectivity index (χ3v) is 5.89. The molecule has 2 unspecified atom stereocenters. The molecule has 4 rings (SSSR count). The van der Waals surface area contributed by atoms with E-state index in [9.17, 15) is 14.4 Å². The van der Waals surface area contributed by atoms with E-state index in [1.165, 1.54) is 12.6 Å². The molecule has 2 fully saturated rings. The van der Waals surface area contributed by atoms with Crippen LogP contribution in [0.15, 0.2) is 48.5 Å². The van der Waals surface area contributed by atoms with Crippen LogP contribution >= 0.6 is 0 Å². The molecule has 1 heterocycles. The number of amides is 4. The standard InChI is InChI=1S/C24H28N4O3/c1-14(2)15-8-10-16(11-9-15)20(26-22(29)17-12-13-17)18-6-4-5-7-19(18)25-21-23(30)28(3)24(31)27-21/h4-11,14,17,20-21,25H,12-13H2,1-3H3,(H,26,29)(H,27,31). The Bertz CT molecular complexity index is 998. The molecule has 1 saturated heterocycles. The highest BCUT2D eigenvalue weighted by atomic mass is 16.2. The highest BCUT2D eigenvalue weighted by Crippen LogP contribution is 2.34. The minimum atomic E-state index is -0.846. The fourth-order valence-corrected chi connectivity index (χ4v) is 3.73. The van der Waals surface area contributed by atoms with Gasteiger partial charge in [-0.25, -0.2) is 4.79 Å². The molecule has 4 amide bonds. The minimum absolute atomic E-state index is 0.0396. The SMILES string of the molecule is CC(C)c1ccc(C(NC(=O)C2CC2)c2ccccc2NC2NC(=O)N(C)C2=O)cc1. The van der Waals surface area contributed by atoms with Gasteiger partial charge in [-0.2, -0.15) is 0 Å². The molecule has 2 atom stereocenters. The van der Waals surface area contributed by atoms with Gasteiger partial charge in [-0.05, 0) is 36.0 Å². The number of carbonyl (C=O) groups is 3. The molecule has 1 aliphatic heterocycles. The van der Waals surface area contributed by atoms with E-state index < -0.39 is 12.2 Å². The van der Waals surface area contributed by atoms with E-state index in [2.05, 4.69) is 41.9 Å². The van der Waals surface area contributed by atoms with Crippen molar-refractivity contribution in [3.63, 3.8) is 0 Å². The summed E-state index contributed by atoms with van der Waals surface area (Å²) in [5, 5.41) is 8.97. The van der Waals surface area contributed by atoms with Gasteiger partial charge >= 0.3 is 6.03 Å². The van der Waals surface area contributed by atoms with E-state index >= 15 is 0 Å². The molecule has 2 aromatic rings. The van der Waals surface area contributed by atoms with Crippen LogP contribution in [-0.4, -0.2) is 36.0 Å². The molecule has 2 aromatic carbocycles. The third-order valence-electron chi connectivity index (χ3n) is 5.89. The van der Waals surface area contributed by atoms with Crippen LogP contribution in [0, 0.1) is 5.92 Å². The Labute approximate surface area is 182 Å². The maximum absolute atomic E-state index is 12.7. The van der Waals surface area contributed by atoms with Crippen molar-refractivity contribution in [3.05, 3.63) is 65.2 Å². The average molecular weight is 421 g/mol. The van der Waals surface area contributed by atoms with Gasteiger partial charge in [0.05, 0.1) is 6.04 Å². The van der Waals surface area contributed by atoms with Crippen LogP contribution in [0.5, 0.6) is 0 Å². The van der Waals surface area contributed by atoms with Crippen molar-refractivity contribution in [3.8, 4) is 0 Å². The number of rotatable bonds is 7. The fraction of sp³-hybridized carbons (Fsp3) is 0.375. The molecule has 0 aromatic heterocycles. The first kappa shape index (κ1) is 20.9. The van der Waals surface area contributed by atoms with Gasteiger partial charge in [0, 0.05) is 24.2 Å². The van der Waals surface area contributed by atoms with Crippen molar-refractivity contribution in [2.75, 3.05) is 12.4 Å². The number of carbonyl (C=O) groups excluding carboxylic acids is 3. The third kappa shape index (κ3) is 4.40. The average Bonchev–Trinajstić information content (AvgIpc) is 3.58. The molecule has 0 spiro atoms. The molecule has 7 nitrogen and oxygen atoms in total. The quantitative estimate of drug-likeness (QED) is 0.599. The van der Waals surface area contributed by atoms with Gasteiger partial charge in [-0.15, -0.1) is 0 Å². The van der Waals surface area contributed by atoms with E-state index in [-0.39, 0.29) is 23.8 Å². The maximum atomic E-state index is 12.7. The Morgan fingerprint density at radius 3 is 2.26 bits per heavy atom. The molecule has 162 valence electrons. The normalized spacial score (nSPS) is 19.4. The summed E-state index contributed by atoms with van der Waals surface area (Å²) >= 11 is 0. The first-order chi connectivity index (χ1) is 14.8. The largest absolute Gasteiger partial charge is 0.357 e. The molecule has 3 N–H and O–H groups in total. The smallest absolute Gasteiger partial charge is 0.325 e. The Kier molecular flexibility index (Phi) is 5.67. The van der Waals surface area contributed by atoms with Gasteiger partial charge in [0.1, 0.15) is 0 Å². The predicted octanol–water partition coefficient (Wildman–Crippen LogP) is 3.35. The van der Waals surface area contributed by atoms with Crippen molar-refractivity contribution >= 4 is 23.5 Å². The van der Waals surface area contributed by atoms with Crippen LogP contribution < -0.4 is 16.0 Å². The molecule has 1 saturated carbocycles. The fourth-order valence-electron chi connectivity index (χ4n) is 3.73. The minimum Gasteiger partial charge on any atom is -0.357 e. The Balaban J connectivity index is 1.67. The summed E-state index contributed by atoms with van der Waals surface area (Å²) < 4.78 is 0. The lowest BCUT2D eigenvalue weighted by Crippen LogP contribution is -2.38. The predicted molar refractivity (Wildman–Crippen MR) is 118 cm³/mol. The molecule has 1 aliphatic carbocycles. The molecule has 0 radical (unpaired) electrons. The number of benzene rings is 2. The zero-order valence-electron chi connectivity index (χ0n) is 18.0. The first-order valence-electron chi connectivity index (χ1n) is 10.7. The number of urea groups is 1. The van der Waals surface area contributed by atoms with Crippen LogP contribution in [0.4, 0.5) is 10.5 Å². The summed E-state index contributed by atoms with van der Waals surface area (Å²) in [7, 11) is 1.44. The number of imide groups is 1. The lowest BCUT2D eigenvalue weighted by Gasteiger charge is -2.24. The highest BCUT2D eigenvalue weighted by molar-refractivity contribution is 6.05. The van der Waals surface area contributed by atoms with E-state index in [4.69, 9.17) is 0 Å². The summed E-state index contributed by atoms with van der Waals surface area (Å²) in [4.78, 5) is 37.9. The second-order valence-electron chi connectivity index (χ2n) is 8.55. The van der Waals surface area contributed by atoms with Gasteiger partial charge in [-0.1, -0.05) is 56.3 Å². The van der Waals surface area contributed by atoms with Crippen LogP contribution in [-0.2, 0) is 9.59 Å². The van der Waals surface area contributed by atoms with Crippen LogP contribution in [0.1, 0.15) is 55.3 Å². The second-order valence-corrected chi connectivity index (χ2v) is 8.55. The molecule has 2 aliphatic rings. The molecule has 31 heavy (non-hydrogen) atoms. The van der Waals surface area contributed by atoms with Crippen molar-refractivity contribution in [2.45, 2.75) is 44.8 Å². The van der Waals surface area contributed by atoms with Crippen molar-refractivity contribution < 1.29 is 14.4 Å². The van der Waals surface area contributed by atoms with Gasteiger partial charge < -0.3 is 16.0 Å². The number of likely N-dealkylation sites (N-methyl/N-ethyl adjacent to an activating group) is 1. The molecular formula is C24H28N4O3. The van der Waals surface area contributed by atoms with Crippen LogP contribution in [0.2, 0.25) is 0 Å². The van der Waals surface area contributed by atoms with E-state index in [1.54, 1.807) is 0 Å². The Hall–Kier alpha value is -3.35.